The normalized spacial score (nSPS) is 10.1. The monoisotopic (exact) mass is 367 g/mol. The number of carbonyl (C=O) groups excluding carboxylic acids is 2. The summed E-state index contributed by atoms with van der Waals surface area (Å²) in [6.45, 7) is 0.152. The number of carbonyl (C=O) groups is 2. The Bertz CT molecular complexity index is 732. The summed E-state index contributed by atoms with van der Waals surface area (Å²) >= 11 is 11.7. The summed E-state index contributed by atoms with van der Waals surface area (Å²) in [5.41, 5.74) is 1.30. The Labute approximate surface area is 149 Å². The van der Waals surface area contributed by atoms with Crippen LogP contribution in [0.1, 0.15) is 15.9 Å². The van der Waals surface area contributed by atoms with Crippen molar-refractivity contribution < 1.29 is 19.1 Å². The number of esters is 1. The molecule has 1 N–H and O–H groups in total. The molecule has 0 aliphatic rings. The maximum atomic E-state index is 11.8. The fourth-order valence-electron chi connectivity index (χ4n) is 1.86. The molecular weight excluding hydrogens is 353 g/mol. The molecule has 0 saturated heterocycles. The van der Waals surface area contributed by atoms with E-state index in [1.165, 1.54) is 7.11 Å². The highest BCUT2D eigenvalue weighted by Crippen LogP contribution is 2.27. The lowest BCUT2D eigenvalue weighted by Crippen LogP contribution is -2.28. The van der Waals surface area contributed by atoms with Crippen LogP contribution in [0.5, 0.6) is 5.75 Å². The standard InChI is InChI=1S/C17H15Cl2NO4/c1-23-17(22)12-4-2-11(3-5-12)9-20-16(21)10-24-15-7-6-13(18)8-14(15)19/h2-8H,9-10H2,1H3,(H,20,21). The molecule has 5 nitrogen and oxygen atoms in total. The smallest absolute Gasteiger partial charge is 0.337 e. The van der Waals surface area contributed by atoms with Gasteiger partial charge in [-0.2, -0.15) is 0 Å². The van der Waals surface area contributed by atoms with Gasteiger partial charge in [-0.1, -0.05) is 35.3 Å². The number of nitrogens with one attached hydrogen (secondary N) is 1. The van der Waals surface area contributed by atoms with E-state index in [0.717, 1.165) is 5.56 Å². The van der Waals surface area contributed by atoms with Crippen LogP contribution in [0.15, 0.2) is 42.5 Å². The van der Waals surface area contributed by atoms with Gasteiger partial charge in [-0.05, 0) is 35.9 Å². The van der Waals surface area contributed by atoms with Gasteiger partial charge in [0.05, 0.1) is 17.7 Å². The molecule has 24 heavy (non-hydrogen) atoms. The lowest BCUT2D eigenvalue weighted by molar-refractivity contribution is -0.123. The Morgan fingerprint density at radius 3 is 2.42 bits per heavy atom. The number of hydrogen-bond acceptors (Lipinski definition) is 4. The third-order valence-electron chi connectivity index (χ3n) is 3.12. The van der Waals surface area contributed by atoms with Crippen LogP contribution in [0, 0.1) is 0 Å². The second-order valence-electron chi connectivity index (χ2n) is 4.83. The third kappa shape index (κ3) is 5.15. The zero-order valence-electron chi connectivity index (χ0n) is 12.8. The zero-order chi connectivity index (χ0) is 17.5. The lowest BCUT2D eigenvalue weighted by atomic mass is 10.1. The van der Waals surface area contributed by atoms with Crippen molar-refractivity contribution >= 4 is 35.1 Å². The number of halogens is 2. The summed E-state index contributed by atoms with van der Waals surface area (Å²) in [6, 6.07) is 11.5. The summed E-state index contributed by atoms with van der Waals surface area (Å²) < 4.78 is 9.96. The van der Waals surface area contributed by atoms with E-state index < -0.39 is 5.97 Å². The highest BCUT2D eigenvalue weighted by Gasteiger charge is 2.08. The van der Waals surface area contributed by atoms with Crippen LogP contribution >= 0.6 is 23.2 Å². The van der Waals surface area contributed by atoms with Crippen molar-refractivity contribution in [3.05, 3.63) is 63.6 Å². The van der Waals surface area contributed by atoms with E-state index in [-0.39, 0.29) is 12.5 Å². The van der Waals surface area contributed by atoms with Gasteiger partial charge in [-0.3, -0.25) is 4.79 Å². The Hall–Kier alpha value is -2.24. The predicted octanol–water partition coefficient (Wildman–Crippen LogP) is 3.48. The molecule has 2 aromatic rings. The van der Waals surface area contributed by atoms with Gasteiger partial charge in [0.25, 0.3) is 5.91 Å². The summed E-state index contributed by atoms with van der Waals surface area (Å²) in [5.74, 6) is -0.310. The average Bonchev–Trinajstić information content (AvgIpc) is 2.59. The van der Waals surface area contributed by atoms with Gasteiger partial charge in [0.15, 0.2) is 6.61 Å². The van der Waals surface area contributed by atoms with Crippen molar-refractivity contribution in [3.8, 4) is 5.75 Å². The Morgan fingerprint density at radius 2 is 1.79 bits per heavy atom. The molecule has 0 aromatic heterocycles. The van der Waals surface area contributed by atoms with E-state index in [4.69, 9.17) is 27.9 Å². The second-order valence-corrected chi connectivity index (χ2v) is 5.67. The van der Waals surface area contributed by atoms with Crippen LogP contribution in [0.4, 0.5) is 0 Å². The topological polar surface area (TPSA) is 64.6 Å². The number of hydrogen-bond donors (Lipinski definition) is 1. The molecule has 0 bridgehead atoms. The van der Waals surface area contributed by atoms with Crippen molar-refractivity contribution in [2.75, 3.05) is 13.7 Å². The third-order valence-corrected chi connectivity index (χ3v) is 3.65. The van der Waals surface area contributed by atoms with Crippen molar-refractivity contribution in [2.24, 2.45) is 0 Å². The van der Waals surface area contributed by atoms with E-state index in [2.05, 4.69) is 10.1 Å². The molecule has 0 heterocycles. The molecule has 0 spiro atoms. The molecule has 1 amide bonds. The van der Waals surface area contributed by atoms with Crippen LogP contribution in [0.2, 0.25) is 10.0 Å². The lowest BCUT2D eigenvalue weighted by Gasteiger charge is -2.09. The first-order valence-corrected chi connectivity index (χ1v) is 7.77. The van der Waals surface area contributed by atoms with Gasteiger partial charge in [-0.15, -0.1) is 0 Å². The molecule has 2 rings (SSSR count). The summed E-state index contributed by atoms with van der Waals surface area (Å²) in [4.78, 5) is 23.1. The quantitative estimate of drug-likeness (QED) is 0.793. The first kappa shape index (κ1) is 18.1. The maximum Gasteiger partial charge on any atom is 0.337 e. The molecule has 0 aliphatic carbocycles. The van der Waals surface area contributed by atoms with Crippen LogP contribution < -0.4 is 10.1 Å². The second kappa shape index (κ2) is 8.57. The minimum absolute atomic E-state index is 0.165. The highest BCUT2D eigenvalue weighted by atomic mass is 35.5. The number of rotatable bonds is 6. The van der Waals surface area contributed by atoms with Crippen molar-refractivity contribution in [2.45, 2.75) is 6.54 Å². The van der Waals surface area contributed by atoms with Crippen LogP contribution in [0.3, 0.4) is 0 Å². The summed E-state index contributed by atoms with van der Waals surface area (Å²) in [5, 5.41) is 3.55. The Morgan fingerprint density at radius 1 is 1.08 bits per heavy atom. The molecule has 2 aromatic carbocycles. The average molecular weight is 368 g/mol. The minimum atomic E-state index is -0.404. The van der Waals surface area contributed by atoms with Gasteiger partial charge in [-0.25, -0.2) is 4.79 Å². The number of ether oxygens (including phenoxy) is 2. The van der Waals surface area contributed by atoms with Gasteiger partial charge in [0.1, 0.15) is 5.75 Å². The van der Waals surface area contributed by atoms with Crippen molar-refractivity contribution in [3.63, 3.8) is 0 Å². The largest absolute Gasteiger partial charge is 0.482 e. The fraction of sp³-hybridized carbons (Fsp3) is 0.176. The molecule has 0 radical (unpaired) electrons. The zero-order valence-corrected chi connectivity index (χ0v) is 14.4. The number of amides is 1. The first-order chi connectivity index (χ1) is 11.5. The minimum Gasteiger partial charge on any atom is -0.482 e. The molecule has 0 aliphatic heterocycles. The SMILES string of the molecule is COC(=O)c1ccc(CNC(=O)COc2ccc(Cl)cc2Cl)cc1. The van der Waals surface area contributed by atoms with Crippen LogP contribution in [-0.2, 0) is 16.1 Å². The van der Waals surface area contributed by atoms with Gasteiger partial charge < -0.3 is 14.8 Å². The van der Waals surface area contributed by atoms with E-state index in [1.807, 2.05) is 0 Å². The maximum absolute atomic E-state index is 11.8. The van der Waals surface area contributed by atoms with Crippen LogP contribution in [0.25, 0.3) is 0 Å². The Balaban J connectivity index is 1.81. The summed E-state index contributed by atoms with van der Waals surface area (Å²) in [7, 11) is 1.32. The molecule has 0 fully saturated rings. The highest BCUT2D eigenvalue weighted by molar-refractivity contribution is 6.35. The molecular formula is C17H15Cl2NO4. The van der Waals surface area contributed by atoms with Gasteiger partial charge >= 0.3 is 5.97 Å². The van der Waals surface area contributed by atoms with Gasteiger partial charge in [0, 0.05) is 11.6 Å². The van der Waals surface area contributed by atoms with Crippen molar-refractivity contribution in [1.29, 1.82) is 0 Å². The molecule has 0 unspecified atom stereocenters. The van der Waals surface area contributed by atoms with E-state index in [9.17, 15) is 9.59 Å². The predicted molar refractivity (Wildman–Crippen MR) is 91.6 cm³/mol. The number of benzene rings is 2. The van der Waals surface area contributed by atoms with Crippen molar-refractivity contribution in [1.82, 2.24) is 5.32 Å². The first-order valence-electron chi connectivity index (χ1n) is 7.01. The fourth-order valence-corrected chi connectivity index (χ4v) is 2.33. The van der Waals surface area contributed by atoms with Crippen LogP contribution in [-0.4, -0.2) is 25.6 Å². The van der Waals surface area contributed by atoms with Gasteiger partial charge in [0.2, 0.25) is 0 Å². The summed E-state index contributed by atoms with van der Waals surface area (Å²) in [6.07, 6.45) is 0. The molecule has 126 valence electrons. The van der Waals surface area contributed by atoms with E-state index in [0.29, 0.717) is 27.9 Å². The molecule has 0 saturated carbocycles. The molecule has 7 heteroatoms. The Kier molecular flexibility index (Phi) is 6.46. The number of methoxy groups -OCH3 is 1. The molecule has 0 atom stereocenters. The van der Waals surface area contributed by atoms with E-state index in [1.54, 1.807) is 42.5 Å². The van der Waals surface area contributed by atoms with E-state index >= 15 is 0 Å².